The molecule has 1 heterocycles. The summed E-state index contributed by atoms with van der Waals surface area (Å²) in [7, 11) is 1.48. The lowest BCUT2D eigenvalue weighted by molar-refractivity contribution is 0.152. The van der Waals surface area contributed by atoms with E-state index in [0.717, 1.165) is 6.42 Å². The maximum atomic E-state index is 10.7. The maximum Gasteiger partial charge on any atom is 0.433 e. The van der Waals surface area contributed by atoms with Crippen LogP contribution in [0.25, 0.3) is 0 Å². The molecular formula is C7H12N2O3S. The molecule has 0 aromatic heterocycles. The van der Waals surface area contributed by atoms with Gasteiger partial charge in [0.2, 0.25) is 0 Å². The van der Waals surface area contributed by atoms with E-state index in [2.05, 4.69) is 15.3 Å². The first-order chi connectivity index (χ1) is 6.24. The van der Waals surface area contributed by atoms with Gasteiger partial charge in [-0.15, -0.1) is 0 Å². The number of rotatable bonds is 1. The summed E-state index contributed by atoms with van der Waals surface area (Å²) < 4.78 is 5.09. The molecule has 1 atom stereocenters. The van der Waals surface area contributed by atoms with E-state index in [1.165, 1.54) is 19.1 Å². The summed E-state index contributed by atoms with van der Waals surface area (Å²) in [6.07, 6.45) is 0.342. The first-order valence-electron chi connectivity index (χ1n) is 4.00. The van der Waals surface area contributed by atoms with Crippen LogP contribution < -0.4 is 5.32 Å². The Balaban J connectivity index is 2.43. The van der Waals surface area contributed by atoms with E-state index < -0.39 is 6.09 Å². The van der Waals surface area contributed by atoms with Gasteiger partial charge in [0, 0.05) is 25.0 Å². The van der Waals surface area contributed by atoms with Crippen molar-refractivity contribution in [1.29, 1.82) is 0 Å². The molecule has 0 radical (unpaired) electrons. The highest BCUT2D eigenvalue weighted by Gasteiger charge is 2.18. The van der Waals surface area contributed by atoms with Crippen molar-refractivity contribution in [2.75, 3.05) is 13.7 Å². The van der Waals surface area contributed by atoms with Crippen LogP contribution in [0.5, 0.6) is 0 Å². The van der Waals surface area contributed by atoms with E-state index in [1.807, 2.05) is 6.92 Å². The molecule has 1 aliphatic rings. The Morgan fingerprint density at radius 1 is 1.85 bits per heavy atom. The smallest absolute Gasteiger partial charge is 0.323 e. The fourth-order valence-corrected chi connectivity index (χ4v) is 1.42. The molecule has 0 spiro atoms. The first-order valence-corrected chi connectivity index (χ1v) is 4.74. The molecule has 1 unspecified atom stereocenters. The second-order valence-corrected chi connectivity index (χ2v) is 3.47. The number of oxime groups is 1. The average Bonchev–Trinajstić information content (AvgIpc) is 2.16. The molecule has 13 heavy (non-hydrogen) atoms. The number of nitrogens with zero attached hydrogens (tertiary/aromatic N) is 1. The van der Waals surface area contributed by atoms with Gasteiger partial charge in [0.1, 0.15) is 5.04 Å². The fourth-order valence-electron chi connectivity index (χ4n) is 0.770. The molecule has 0 bridgehead atoms. The minimum Gasteiger partial charge on any atom is -0.323 e. The van der Waals surface area contributed by atoms with Crippen molar-refractivity contribution in [1.82, 2.24) is 5.32 Å². The minimum absolute atomic E-state index is 0.295. The van der Waals surface area contributed by atoms with Crippen molar-refractivity contribution in [2.24, 2.45) is 11.1 Å². The van der Waals surface area contributed by atoms with Crippen LogP contribution in [0.2, 0.25) is 0 Å². The van der Waals surface area contributed by atoms with Crippen LogP contribution in [-0.4, -0.2) is 24.8 Å². The third-order valence-corrected chi connectivity index (χ3v) is 2.55. The normalized spacial score (nSPS) is 25.7. The molecule has 5 nitrogen and oxygen atoms in total. The first kappa shape index (κ1) is 10.3. The standard InChI is InChI=1S/C7H12N2O3S/c1-5-3-4-11-13-6(5)9-12-7(10)8-2/h5H,3-4H2,1-2H3,(H,8,10). The van der Waals surface area contributed by atoms with E-state index in [0.29, 0.717) is 17.6 Å². The van der Waals surface area contributed by atoms with Crippen LogP contribution in [0.1, 0.15) is 13.3 Å². The monoisotopic (exact) mass is 204 g/mol. The molecule has 1 N–H and O–H groups in total. The summed E-state index contributed by atoms with van der Waals surface area (Å²) in [5.74, 6) is 0.295. The number of carbonyl (C=O) groups excluding carboxylic acids is 1. The van der Waals surface area contributed by atoms with Gasteiger partial charge >= 0.3 is 6.09 Å². The predicted octanol–water partition coefficient (Wildman–Crippen LogP) is 1.36. The van der Waals surface area contributed by atoms with Crippen LogP contribution in [0, 0.1) is 5.92 Å². The second-order valence-electron chi connectivity index (χ2n) is 2.65. The highest BCUT2D eigenvalue weighted by Crippen LogP contribution is 2.23. The summed E-state index contributed by atoms with van der Waals surface area (Å²) >= 11 is 1.17. The third-order valence-electron chi connectivity index (χ3n) is 1.62. The zero-order valence-corrected chi connectivity index (χ0v) is 8.39. The third kappa shape index (κ3) is 3.23. The van der Waals surface area contributed by atoms with Crippen molar-refractivity contribution in [3.05, 3.63) is 0 Å². The van der Waals surface area contributed by atoms with E-state index in [9.17, 15) is 4.79 Å². The number of nitrogens with one attached hydrogen (secondary N) is 1. The summed E-state index contributed by atoms with van der Waals surface area (Å²) in [6.45, 7) is 2.73. The van der Waals surface area contributed by atoms with Gasteiger partial charge in [-0.3, -0.25) is 4.84 Å². The molecule has 0 aromatic carbocycles. The Morgan fingerprint density at radius 2 is 2.62 bits per heavy atom. The Bertz CT molecular complexity index is 220. The Labute approximate surface area is 81.0 Å². The number of carbonyl (C=O) groups is 1. The lowest BCUT2D eigenvalue weighted by atomic mass is 10.1. The quantitative estimate of drug-likeness (QED) is 0.398. The van der Waals surface area contributed by atoms with Gasteiger partial charge in [0.05, 0.1) is 6.61 Å². The maximum absolute atomic E-state index is 10.7. The Morgan fingerprint density at radius 3 is 3.23 bits per heavy atom. The van der Waals surface area contributed by atoms with Crippen LogP contribution in [-0.2, 0) is 9.02 Å². The van der Waals surface area contributed by atoms with Crippen LogP contribution in [0.3, 0.4) is 0 Å². The fraction of sp³-hybridized carbons (Fsp3) is 0.714. The molecule has 1 fully saturated rings. The number of amides is 1. The summed E-state index contributed by atoms with van der Waals surface area (Å²) in [5.41, 5.74) is 0. The van der Waals surface area contributed by atoms with Gasteiger partial charge in [-0.25, -0.2) is 4.79 Å². The Kier molecular flexibility index (Phi) is 4.04. The number of hydrogen-bond donors (Lipinski definition) is 1. The van der Waals surface area contributed by atoms with Crippen molar-refractivity contribution in [2.45, 2.75) is 13.3 Å². The highest BCUT2D eigenvalue weighted by atomic mass is 32.2. The SMILES string of the molecule is CNC(=O)ON=C1SOCCC1C. The molecule has 0 saturated carbocycles. The van der Waals surface area contributed by atoms with Crippen molar-refractivity contribution < 1.29 is 13.8 Å². The lowest BCUT2D eigenvalue weighted by Gasteiger charge is -2.17. The van der Waals surface area contributed by atoms with Gasteiger partial charge in [-0.2, -0.15) is 0 Å². The largest absolute Gasteiger partial charge is 0.433 e. The Hall–Kier alpha value is -0.750. The van der Waals surface area contributed by atoms with Crippen LogP contribution in [0.15, 0.2) is 5.16 Å². The highest BCUT2D eigenvalue weighted by molar-refractivity contribution is 8.10. The average molecular weight is 204 g/mol. The van der Waals surface area contributed by atoms with Gasteiger partial charge < -0.3 is 9.50 Å². The summed E-state index contributed by atoms with van der Waals surface area (Å²) in [6, 6.07) is 0. The van der Waals surface area contributed by atoms with E-state index in [-0.39, 0.29) is 0 Å². The molecule has 0 aliphatic carbocycles. The van der Waals surface area contributed by atoms with Crippen molar-refractivity contribution >= 4 is 23.2 Å². The number of hydrogen-bond acceptors (Lipinski definition) is 5. The van der Waals surface area contributed by atoms with Crippen LogP contribution >= 0.6 is 12.0 Å². The summed E-state index contributed by atoms with van der Waals surface area (Å²) in [4.78, 5) is 15.2. The zero-order valence-electron chi connectivity index (χ0n) is 7.57. The molecule has 1 amide bonds. The molecule has 0 aromatic rings. The van der Waals surface area contributed by atoms with Gasteiger partial charge in [-0.1, -0.05) is 12.1 Å². The minimum atomic E-state index is -0.564. The summed E-state index contributed by atoms with van der Waals surface area (Å²) in [5, 5.41) is 6.68. The van der Waals surface area contributed by atoms with E-state index in [4.69, 9.17) is 4.18 Å². The molecule has 1 aliphatic heterocycles. The van der Waals surface area contributed by atoms with Crippen molar-refractivity contribution in [3.63, 3.8) is 0 Å². The topological polar surface area (TPSA) is 59.9 Å². The lowest BCUT2D eigenvalue weighted by Crippen LogP contribution is -2.20. The molecule has 1 rings (SSSR count). The van der Waals surface area contributed by atoms with Gasteiger partial charge in [0.15, 0.2) is 0 Å². The molecule has 1 saturated heterocycles. The van der Waals surface area contributed by atoms with Gasteiger partial charge in [0.25, 0.3) is 0 Å². The molecule has 74 valence electrons. The molecular weight excluding hydrogens is 192 g/mol. The second kappa shape index (κ2) is 5.08. The van der Waals surface area contributed by atoms with E-state index in [1.54, 1.807) is 0 Å². The van der Waals surface area contributed by atoms with Crippen LogP contribution in [0.4, 0.5) is 4.79 Å². The zero-order chi connectivity index (χ0) is 9.68. The molecule has 6 heteroatoms. The van der Waals surface area contributed by atoms with Crippen molar-refractivity contribution in [3.8, 4) is 0 Å². The van der Waals surface area contributed by atoms with Gasteiger partial charge in [-0.05, 0) is 6.42 Å². The predicted molar refractivity (Wildman–Crippen MR) is 50.3 cm³/mol. The van der Waals surface area contributed by atoms with E-state index >= 15 is 0 Å².